The molecule has 0 bridgehead atoms. The van der Waals surface area contributed by atoms with Crippen LogP contribution in [0.3, 0.4) is 0 Å². The fourth-order valence-corrected chi connectivity index (χ4v) is 2.53. The van der Waals surface area contributed by atoms with Crippen molar-refractivity contribution >= 4 is 21.6 Å². The molecular formula is C12H16N2O8S. The Morgan fingerprint density at radius 3 is 2.13 bits per heavy atom. The predicted octanol–water partition coefficient (Wildman–Crippen LogP) is -2.93. The number of anilines is 1. The number of benzene rings is 1. The van der Waals surface area contributed by atoms with E-state index < -0.39 is 46.6 Å². The average Bonchev–Trinajstić information content (AvgIpc) is 2.48. The lowest BCUT2D eigenvalue weighted by Gasteiger charge is -2.37. The normalized spacial score (nSPS) is 31.6. The predicted molar refractivity (Wildman–Crippen MR) is 75.3 cm³/mol. The highest BCUT2D eigenvalue weighted by atomic mass is 32.2. The number of hydrogen-bond acceptors (Lipinski definition) is 8. The molecule has 128 valence electrons. The number of rotatable bonds is 3. The van der Waals surface area contributed by atoms with Crippen LogP contribution in [-0.4, -0.2) is 65.5 Å². The molecule has 10 nitrogen and oxygen atoms in total. The highest BCUT2D eigenvalue weighted by molar-refractivity contribution is 7.89. The SMILES string of the molecule is NS(=O)(=O)c1ccc(NC(=O)[C@H]2OC(O)[C@H](O)[C@@H](O)[C@@H]2O)cc1. The number of carbonyl (C=O) groups excluding carboxylic acids is 1. The van der Waals surface area contributed by atoms with Gasteiger partial charge in [0, 0.05) is 5.69 Å². The van der Waals surface area contributed by atoms with Crippen molar-refractivity contribution in [2.45, 2.75) is 35.6 Å². The van der Waals surface area contributed by atoms with Crippen molar-refractivity contribution < 1.29 is 38.4 Å². The first-order valence-electron chi connectivity index (χ1n) is 6.42. The third kappa shape index (κ3) is 3.84. The van der Waals surface area contributed by atoms with E-state index in [9.17, 15) is 33.6 Å². The third-order valence-corrected chi connectivity index (χ3v) is 4.23. The Balaban J connectivity index is 2.10. The topological polar surface area (TPSA) is 179 Å². The lowest BCUT2D eigenvalue weighted by atomic mass is 9.98. The van der Waals surface area contributed by atoms with Gasteiger partial charge in [0.25, 0.3) is 5.91 Å². The van der Waals surface area contributed by atoms with E-state index in [0.29, 0.717) is 0 Å². The zero-order chi connectivity index (χ0) is 17.4. The Morgan fingerprint density at radius 2 is 1.61 bits per heavy atom. The van der Waals surface area contributed by atoms with Gasteiger partial charge in [-0.15, -0.1) is 0 Å². The van der Waals surface area contributed by atoms with Gasteiger partial charge in [-0.05, 0) is 24.3 Å². The summed E-state index contributed by atoms with van der Waals surface area (Å²) in [6, 6.07) is 4.84. The molecule has 1 aliphatic rings. The molecule has 1 unspecified atom stereocenters. The molecule has 0 saturated carbocycles. The van der Waals surface area contributed by atoms with E-state index in [-0.39, 0.29) is 10.6 Å². The van der Waals surface area contributed by atoms with Crippen molar-refractivity contribution in [3.63, 3.8) is 0 Å². The molecule has 2 rings (SSSR count). The molecule has 7 N–H and O–H groups in total. The maximum Gasteiger partial charge on any atom is 0.256 e. The molecular weight excluding hydrogens is 332 g/mol. The second kappa shape index (κ2) is 6.49. The quantitative estimate of drug-likeness (QED) is 0.336. The van der Waals surface area contributed by atoms with Gasteiger partial charge in [0.2, 0.25) is 10.0 Å². The zero-order valence-electron chi connectivity index (χ0n) is 11.6. The lowest BCUT2D eigenvalue weighted by Crippen LogP contribution is -2.60. The number of amides is 1. The molecule has 5 atom stereocenters. The van der Waals surface area contributed by atoms with Gasteiger partial charge in [-0.25, -0.2) is 13.6 Å². The number of aliphatic hydroxyl groups excluding tert-OH is 4. The Morgan fingerprint density at radius 1 is 1.04 bits per heavy atom. The number of hydrogen-bond donors (Lipinski definition) is 6. The van der Waals surface area contributed by atoms with E-state index in [2.05, 4.69) is 5.32 Å². The fraction of sp³-hybridized carbons (Fsp3) is 0.417. The van der Waals surface area contributed by atoms with Crippen LogP contribution in [0.25, 0.3) is 0 Å². The van der Waals surface area contributed by atoms with Gasteiger partial charge in [-0.1, -0.05) is 0 Å². The first kappa shape index (κ1) is 17.7. The van der Waals surface area contributed by atoms with Gasteiger partial charge >= 0.3 is 0 Å². The summed E-state index contributed by atoms with van der Waals surface area (Å²) < 4.78 is 27.0. The summed E-state index contributed by atoms with van der Waals surface area (Å²) in [6.07, 6.45) is -8.73. The largest absolute Gasteiger partial charge is 0.387 e. The van der Waals surface area contributed by atoms with Crippen molar-refractivity contribution in [2.75, 3.05) is 5.32 Å². The number of primary sulfonamides is 1. The molecule has 1 saturated heterocycles. The lowest BCUT2D eigenvalue weighted by molar-refractivity contribution is -0.274. The van der Waals surface area contributed by atoms with Crippen LogP contribution in [0.5, 0.6) is 0 Å². The zero-order valence-corrected chi connectivity index (χ0v) is 12.4. The van der Waals surface area contributed by atoms with Crippen LogP contribution < -0.4 is 10.5 Å². The summed E-state index contributed by atoms with van der Waals surface area (Å²) in [5, 5.41) is 45.2. The second-order valence-corrected chi connectivity index (χ2v) is 6.54. The summed E-state index contributed by atoms with van der Waals surface area (Å²) in [4.78, 5) is 11.9. The van der Waals surface area contributed by atoms with E-state index in [0.717, 1.165) is 12.1 Å². The number of nitrogens with two attached hydrogens (primary N) is 1. The van der Waals surface area contributed by atoms with Gasteiger partial charge in [-0.3, -0.25) is 4.79 Å². The molecule has 1 amide bonds. The van der Waals surface area contributed by atoms with Gasteiger partial charge in [0.1, 0.15) is 18.3 Å². The summed E-state index contributed by atoms with van der Waals surface area (Å²) in [5.74, 6) is -0.897. The van der Waals surface area contributed by atoms with E-state index in [1.807, 2.05) is 0 Å². The highest BCUT2D eigenvalue weighted by Gasteiger charge is 2.46. The minimum absolute atomic E-state index is 0.154. The van der Waals surface area contributed by atoms with Crippen LogP contribution in [0.2, 0.25) is 0 Å². The smallest absolute Gasteiger partial charge is 0.256 e. The molecule has 0 aliphatic carbocycles. The monoisotopic (exact) mass is 348 g/mol. The summed E-state index contributed by atoms with van der Waals surface area (Å²) in [7, 11) is -3.87. The molecule has 1 aromatic rings. The standard InChI is InChI=1S/C12H16N2O8S/c13-23(20,21)6-3-1-5(2-4-6)14-11(18)10-8(16)7(15)9(17)12(19)22-10/h1-4,7-10,12,15-17,19H,(H,14,18)(H2,13,20,21)/t7-,8-,9+,10-,12?/m0/s1. The van der Waals surface area contributed by atoms with Crippen molar-refractivity contribution in [3.8, 4) is 0 Å². The van der Waals surface area contributed by atoms with Crippen LogP contribution in [-0.2, 0) is 19.6 Å². The molecule has 0 aromatic heterocycles. The molecule has 0 radical (unpaired) electrons. The van der Waals surface area contributed by atoms with E-state index in [1.54, 1.807) is 0 Å². The van der Waals surface area contributed by atoms with E-state index >= 15 is 0 Å². The maximum atomic E-state index is 12.0. The van der Waals surface area contributed by atoms with Gasteiger partial charge in [-0.2, -0.15) is 0 Å². The van der Waals surface area contributed by atoms with Gasteiger partial charge in [0.15, 0.2) is 12.4 Å². The van der Waals surface area contributed by atoms with Crippen LogP contribution in [0.15, 0.2) is 29.2 Å². The van der Waals surface area contributed by atoms with Gasteiger partial charge in [0.05, 0.1) is 4.90 Å². The Hall–Kier alpha value is -1.60. The number of ether oxygens (including phenoxy) is 1. The van der Waals surface area contributed by atoms with Crippen molar-refractivity contribution in [1.29, 1.82) is 0 Å². The summed E-state index contributed by atoms with van der Waals surface area (Å²) >= 11 is 0. The summed E-state index contributed by atoms with van der Waals surface area (Å²) in [5.41, 5.74) is 0.174. The highest BCUT2D eigenvalue weighted by Crippen LogP contribution is 2.21. The van der Waals surface area contributed by atoms with Crippen molar-refractivity contribution in [1.82, 2.24) is 0 Å². The molecule has 1 aliphatic heterocycles. The molecule has 23 heavy (non-hydrogen) atoms. The Kier molecular flexibility index (Phi) is 5.01. The first-order valence-corrected chi connectivity index (χ1v) is 7.97. The van der Waals surface area contributed by atoms with Crippen LogP contribution in [0, 0.1) is 0 Å². The Bertz CT molecular complexity index is 677. The van der Waals surface area contributed by atoms with Crippen molar-refractivity contribution in [3.05, 3.63) is 24.3 Å². The Labute approximate surface area is 131 Å². The number of aliphatic hydroxyl groups is 4. The molecule has 1 aromatic carbocycles. The third-order valence-electron chi connectivity index (χ3n) is 3.30. The summed E-state index contributed by atoms with van der Waals surface area (Å²) in [6.45, 7) is 0. The molecule has 0 spiro atoms. The average molecular weight is 348 g/mol. The minimum atomic E-state index is -3.87. The van der Waals surface area contributed by atoms with Crippen molar-refractivity contribution in [2.24, 2.45) is 5.14 Å². The maximum absolute atomic E-state index is 12.0. The fourth-order valence-electron chi connectivity index (χ4n) is 2.02. The number of sulfonamides is 1. The number of nitrogens with one attached hydrogen (secondary N) is 1. The molecule has 11 heteroatoms. The second-order valence-electron chi connectivity index (χ2n) is 4.98. The molecule has 1 fully saturated rings. The van der Waals surface area contributed by atoms with Crippen LogP contribution in [0.4, 0.5) is 5.69 Å². The molecule has 1 heterocycles. The van der Waals surface area contributed by atoms with Crippen LogP contribution >= 0.6 is 0 Å². The number of carbonyl (C=O) groups is 1. The minimum Gasteiger partial charge on any atom is -0.387 e. The van der Waals surface area contributed by atoms with Crippen LogP contribution in [0.1, 0.15) is 0 Å². The first-order chi connectivity index (χ1) is 10.6. The van der Waals surface area contributed by atoms with E-state index in [4.69, 9.17) is 9.88 Å². The van der Waals surface area contributed by atoms with E-state index in [1.165, 1.54) is 12.1 Å². The van der Waals surface area contributed by atoms with Gasteiger partial charge < -0.3 is 30.5 Å².